The molecule has 0 spiro atoms. The van der Waals surface area contributed by atoms with Crippen molar-refractivity contribution in [2.75, 3.05) is 32.7 Å². The lowest BCUT2D eigenvalue weighted by molar-refractivity contribution is -0.132. The molecule has 2 aromatic rings. The smallest absolute Gasteiger partial charge is 0.264 e. The molecule has 2 amide bonds. The van der Waals surface area contributed by atoms with Gasteiger partial charge >= 0.3 is 0 Å². The maximum absolute atomic E-state index is 12.9. The number of hydrogen-bond acceptors (Lipinski definition) is 4. The minimum Gasteiger partial charge on any atom is -0.339 e. The molecule has 6 heteroatoms. The van der Waals surface area contributed by atoms with Crippen molar-refractivity contribution in [3.05, 3.63) is 57.8 Å². The molecule has 0 aliphatic carbocycles. The molecular formula is C19H23N3O2S. The summed E-state index contributed by atoms with van der Waals surface area (Å²) < 4.78 is 0. The zero-order valence-electron chi connectivity index (χ0n) is 14.4. The van der Waals surface area contributed by atoms with Crippen LogP contribution in [0.25, 0.3) is 0 Å². The van der Waals surface area contributed by atoms with Gasteiger partial charge in [-0.25, -0.2) is 0 Å². The third-order valence-electron chi connectivity index (χ3n) is 4.25. The summed E-state index contributed by atoms with van der Waals surface area (Å²) >= 11 is 1.47. The molecule has 0 bridgehead atoms. The van der Waals surface area contributed by atoms with Crippen molar-refractivity contribution in [1.82, 2.24) is 15.1 Å². The third kappa shape index (κ3) is 4.67. The highest BCUT2D eigenvalue weighted by molar-refractivity contribution is 7.13. The molecule has 132 valence electrons. The number of carbonyl (C=O) groups excluding carboxylic acids is 2. The largest absolute Gasteiger partial charge is 0.339 e. The van der Waals surface area contributed by atoms with Crippen LogP contribution in [-0.2, 0) is 11.3 Å². The summed E-state index contributed by atoms with van der Waals surface area (Å²) in [5.74, 6) is -0.0653. The molecule has 0 radical (unpaired) electrons. The maximum Gasteiger partial charge on any atom is 0.264 e. The highest BCUT2D eigenvalue weighted by Crippen LogP contribution is 2.19. The zero-order valence-corrected chi connectivity index (χ0v) is 15.2. The summed E-state index contributed by atoms with van der Waals surface area (Å²) in [6.45, 7) is 5.55. The first kappa shape index (κ1) is 17.6. The molecule has 0 saturated carbocycles. The molecular weight excluding hydrogens is 334 g/mol. The fourth-order valence-electron chi connectivity index (χ4n) is 2.89. The number of nitrogens with zero attached hydrogens (tertiary/aromatic N) is 2. The highest BCUT2D eigenvalue weighted by Gasteiger charge is 2.24. The predicted octanol–water partition coefficient (Wildman–Crippen LogP) is 2.13. The molecule has 25 heavy (non-hydrogen) atoms. The van der Waals surface area contributed by atoms with Crippen LogP contribution in [0.15, 0.2) is 42.5 Å². The van der Waals surface area contributed by atoms with Gasteiger partial charge in [-0.3, -0.25) is 9.59 Å². The first-order valence-corrected chi connectivity index (χ1v) is 9.33. The fraction of sp³-hybridized carbons (Fsp3) is 0.368. The molecule has 1 N–H and O–H groups in total. The van der Waals surface area contributed by atoms with Crippen LogP contribution < -0.4 is 5.32 Å². The van der Waals surface area contributed by atoms with Gasteiger partial charge in [-0.15, -0.1) is 11.3 Å². The van der Waals surface area contributed by atoms with Gasteiger partial charge < -0.3 is 15.1 Å². The Morgan fingerprint density at radius 3 is 2.48 bits per heavy atom. The van der Waals surface area contributed by atoms with Gasteiger partial charge in [0.15, 0.2) is 0 Å². The number of thiophene rings is 1. The number of carbonyl (C=O) groups is 2. The van der Waals surface area contributed by atoms with Crippen molar-refractivity contribution in [2.45, 2.75) is 13.5 Å². The van der Waals surface area contributed by atoms with E-state index in [1.807, 2.05) is 54.3 Å². The third-order valence-corrected chi connectivity index (χ3v) is 5.24. The number of amides is 2. The Labute approximate surface area is 152 Å². The molecule has 1 aliphatic rings. The summed E-state index contributed by atoms with van der Waals surface area (Å²) in [5.41, 5.74) is 1.03. The Balaban J connectivity index is 1.75. The van der Waals surface area contributed by atoms with Gasteiger partial charge in [-0.1, -0.05) is 30.3 Å². The Morgan fingerprint density at radius 2 is 1.84 bits per heavy atom. The number of nitrogens with one attached hydrogen (secondary N) is 1. The lowest BCUT2D eigenvalue weighted by Crippen LogP contribution is -2.50. The molecule has 2 heterocycles. The van der Waals surface area contributed by atoms with Crippen LogP contribution in [-0.4, -0.2) is 54.3 Å². The number of piperazine rings is 1. The second kappa shape index (κ2) is 8.27. The quantitative estimate of drug-likeness (QED) is 0.892. The average Bonchev–Trinajstić information content (AvgIpc) is 3.08. The molecule has 5 nitrogen and oxygen atoms in total. The van der Waals surface area contributed by atoms with Crippen molar-refractivity contribution >= 4 is 23.2 Å². The van der Waals surface area contributed by atoms with Crippen LogP contribution in [0.4, 0.5) is 0 Å². The van der Waals surface area contributed by atoms with E-state index in [0.29, 0.717) is 24.5 Å². The van der Waals surface area contributed by atoms with Crippen molar-refractivity contribution in [3.63, 3.8) is 0 Å². The second-order valence-corrected chi connectivity index (χ2v) is 7.48. The molecule has 1 aliphatic heterocycles. The molecule has 1 fully saturated rings. The van der Waals surface area contributed by atoms with Gasteiger partial charge in [0.25, 0.3) is 5.91 Å². The number of aryl methyl sites for hydroxylation is 1. The van der Waals surface area contributed by atoms with Crippen molar-refractivity contribution in [1.29, 1.82) is 0 Å². The SMILES string of the molecule is Cc1ccc(C(=O)N(CC(=O)N2CCNCC2)Cc2ccccc2)s1. The van der Waals surface area contributed by atoms with E-state index in [-0.39, 0.29) is 18.4 Å². The number of rotatable bonds is 5. The van der Waals surface area contributed by atoms with E-state index in [4.69, 9.17) is 0 Å². The fourth-order valence-corrected chi connectivity index (χ4v) is 3.72. The first-order valence-electron chi connectivity index (χ1n) is 8.51. The Bertz CT molecular complexity index is 723. The normalized spacial score (nSPS) is 14.4. The van der Waals surface area contributed by atoms with Gasteiger partial charge in [0.05, 0.1) is 4.88 Å². The van der Waals surface area contributed by atoms with Crippen LogP contribution in [0.2, 0.25) is 0 Å². The summed E-state index contributed by atoms with van der Waals surface area (Å²) in [6, 6.07) is 13.6. The molecule has 0 unspecified atom stereocenters. The van der Waals surface area contributed by atoms with E-state index >= 15 is 0 Å². The topological polar surface area (TPSA) is 52.7 Å². The molecule has 1 aromatic heterocycles. The number of benzene rings is 1. The standard InChI is InChI=1S/C19H23N3O2S/c1-15-7-8-17(25-15)19(24)22(13-16-5-3-2-4-6-16)14-18(23)21-11-9-20-10-12-21/h2-8,20H,9-14H2,1H3. The van der Waals surface area contributed by atoms with Gasteiger partial charge in [0.1, 0.15) is 6.54 Å². The maximum atomic E-state index is 12.9. The summed E-state index contributed by atoms with van der Waals surface area (Å²) in [5, 5.41) is 3.24. The molecule has 3 rings (SSSR count). The molecule has 1 aromatic carbocycles. The monoisotopic (exact) mass is 357 g/mol. The van der Waals surface area contributed by atoms with Crippen LogP contribution in [0.5, 0.6) is 0 Å². The first-order chi connectivity index (χ1) is 12.1. The highest BCUT2D eigenvalue weighted by atomic mass is 32.1. The van der Waals surface area contributed by atoms with Crippen molar-refractivity contribution in [2.24, 2.45) is 0 Å². The minimum absolute atomic E-state index is 0.0130. The Morgan fingerprint density at radius 1 is 1.12 bits per heavy atom. The van der Waals surface area contributed by atoms with E-state index in [2.05, 4.69) is 5.32 Å². The average molecular weight is 357 g/mol. The van der Waals surface area contributed by atoms with Crippen LogP contribution in [0, 0.1) is 6.92 Å². The zero-order chi connectivity index (χ0) is 17.6. The lowest BCUT2D eigenvalue weighted by atomic mass is 10.2. The number of hydrogen-bond donors (Lipinski definition) is 1. The van der Waals surface area contributed by atoms with E-state index < -0.39 is 0 Å². The van der Waals surface area contributed by atoms with Gasteiger partial charge in [0, 0.05) is 37.6 Å². The van der Waals surface area contributed by atoms with Crippen LogP contribution in [0.3, 0.4) is 0 Å². The van der Waals surface area contributed by atoms with E-state index in [9.17, 15) is 9.59 Å². The predicted molar refractivity (Wildman–Crippen MR) is 99.7 cm³/mol. The summed E-state index contributed by atoms with van der Waals surface area (Å²) in [4.78, 5) is 30.8. The van der Waals surface area contributed by atoms with Gasteiger partial charge in [-0.05, 0) is 24.6 Å². The molecule has 1 saturated heterocycles. The molecule has 0 atom stereocenters. The van der Waals surface area contributed by atoms with E-state index in [0.717, 1.165) is 23.5 Å². The van der Waals surface area contributed by atoms with Gasteiger partial charge in [-0.2, -0.15) is 0 Å². The lowest BCUT2D eigenvalue weighted by Gasteiger charge is -2.30. The van der Waals surface area contributed by atoms with Crippen molar-refractivity contribution < 1.29 is 9.59 Å². The van der Waals surface area contributed by atoms with E-state index in [1.165, 1.54) is 11.3 Å². The van der Waals surface area contributed by atoms with Gasteiger partial charge in [0.2, 0.25) is 5.91 Å². The van der Waals surface area contributed by atoms with E-state index in [1.54, 1.807) is 4.90 Å². The minimum atomic E-state index is -0.0783. The second-order valence-electron chi connectivity index (χ2n) is 6.19. The van der Waals surface area contributed by atoms with Crippen molar-refractivity contribution in [3.8, 4) is 0 Å². The summed E-state index contributed by atoms with van der Waals surface area (Å²) in [7, 11) is 0. The van der Waals surface area contributed by atoms with Crippen LogP contribution >= 0.6 is 11.3 Å². The Hall–Kier alpha value is -2.18. The Kier molecular flexibility index (Phi) is 5.83. The van der Waals surface area contributed by atoms with Crippen LogP contribution in [0.1, 0.15) is 20.1 Å². The summed E-state index contributed by atoms with van der Waals surface area (Å²) in [6.07, 6.45) is 0.